The van der Waals surface area contributed by atoms with Crippen molar-refractivity contribution in [3.63, 3.8) is 0 Å². The Balaban J connectivity index is 1.71. The molecule has 2 aromatic rings. The SMILES string of the molecule is COC[C@@H]1C[C@H](n2cc(NS(C)(=O)=O)cn2)CN1Cc1cncnc1. The molecule has 3 rings (SSSR count). The molecular weight excluding hydrogens is 344 g/mol. The molecule has 0 amide bonds. The summed E-state index contributed by atoms with van der Waals surface area (Å²) in [6.07, 6.45) is 10.4. The first-order chi connectivity index (χ1) is 11.9. The third kappa shape index (κ3) is 4.74. The summed E-state index contributed by atoms with van der Waals surface area (Å²) in [5.74, 6) is 0. The molecule has 0 bridgehead atoms. The molecule has 1 N–H and O–H groups in total. The number of nitrogens with one attached hydrogen (secondary N) is 1. The number of likely N-dealkylation sites (tertiary alicyclic amines) is 1. The van der Waals surface area contributed by atoms with Crippen LogP contribution in [0.1, 0.15) is 18.0 Å². The molecule has 0 unspecified atom stereocenters. The van der Waals surface area contributed by atoms with Crippen LogP contribution in [0.3, 0.4) is 0 Å². The zero-order valence-electron chi connectivity index (χ0n) is 14.2. The fourth-order valence-corrected chi connectivity index (χ4v) is 3.69. The maximum absolute atomic E-state index is 11.3. The van der Waals surface area contributed by atoms with Crippen LogP contribution in [-0.2, 0) is 21.3 Å². The lowest BCUT2D eigenvalue weighted by Gasteiger charge is -2.23. The summed E-state index contributed by atoms with van der Waals surface area (Å²) in [5, 5.41) is 4.32. The van der Waals surface area contributed by atoms with Gasteiger partial charge >= 0.3 is 0 Å². The smallest absolute Gasteiger partial charge is 0.229 e. The van der Waals surface area contributed by atoms with Gasteiger partial charge in [-0.15, -0.1) is 0 Å². The van der Waals surface area contributed by atoms with E-state index in [4.69, 9.17) is 4.74 Å². The minimum Gasteiger partial charge on any atom is -0.383 e. The lowest BCUT2D eigenvalue weighted by atomic mass is 10.2. The third-order valence-electron chi connectivity index (χ3n) is 4.14. The molecule has 10 heteroatoms. The molecule has 0 saturated carbocycles. The maximum Gasteiger partial charge on any atom is 0.229 e. The van der Waals surface area contributed by atoms with E-state index in [1.165, 1.54) is 12.5 Å². The highest BCUT2D eigenvalue weighted by Gasteiger charge is 2.33. The van der Waals surface area contributed by atoms with Gasteiger partial charge in [0.1, 0.15) is 6.33 Å². The normalized spacial score (nSPS) is 21.5. The average Bonchev–Trinajstić information content (AvgIpc) is 3.15. The first-order valence-electron chi connectivity index (χ1n) is 7.93. The van der Waals surface area contributed by atoms with Gasteiger partial charge in [-0.05, 0) is 6.42 Å². The van der Waals surface area contributed by atoms with Gasteiger partial charge in [0.15, 0.2) is 0 Å². The molecule has 136 valence electrons. The van der Waals surface area contributed by atoms with Gasteiger partial charge < -0.3 is 4.74 Å². The summed E-state index contributed by atoms with van der Waals surface area (Å²) in [6.45, 7) is 2.16. The van der Waals surface area contributed by atoms with Gasteiger partial charge in [0.25, 0.3) is 0 Å². The summed E-state index contributed by atoms with van der Waals surface area (Å²) in [4.78, 5) is 10.4. The number of hydrogen-bond donors (Lipinski definition) is 1. The van der Waals surface area contributed by atoms with E-state index in [1.54, 1.807) is 13.3 Å². The number of sulfonamides is 1. The van der Waals surface area contributed by atoms with Crippen molar-refractivity contribution in [2.45, 2.75) is 25.0 Å². The number of methoxy groups -OCH3 is 1. The number of rotatable bonds is 7. The summed E-state index contributed by atoms with van der Waals surface area (Å²) in [5.41, 5.74) is 1.52. The highest BCUT2D eigenvalue weighted by atomic mass is 32.2. The van der Waals surface area contributed by atoms with E-state index in [-0.39, 0.29) is 12.1 Å². The average molecular weight is 366 g/mol. The van der Waals surface area contributed by atoms with Gasteiger partial charge in [0.05, 0.1) is 30.8 Å². The fourth-order valence-electron chi connectivity index (χ4n) is 3.16. The summed E-state index contributed by atoms with van der Waals surface area (Å²) in [7, 11) is -1.61. The van der Waals surface area contributed by atoms with Gasteiger partial charge in [-0.3, -0.25) is 14.3 Å². The first-order valence-corrected chi connectivity index (χ1v) is 9.82. The number of ether oxygens (including phenoxy) is 1. The van der Waals surface area contributed by atoms with Crippen LogP contribution in [-0.4, -0.2) is 65.6 Å². The molecule has 2 aromatic heterocycles. The summed E-state index contributed by atoms with van der Waals surface area (Å²) < 4.78 is 32.3. The molecule has 0 radical (unpaired) electrons. The maximum atomic E-state index is 11.3. The largest absolute Gasteiger partial charge is 0.383 e. The van der Waals surface area contributed by atoms with Crippen LogP contribution in [0.15, 0.2) is 31.1 Å². The molecule has 25 heavy (non-hydrogen) atoms. The Labute approximate surface area is 147 Å². The van der Waals surface area contributed by atoms with Crippen LogP contribution in [0.2, 0.25) is 0 Å². The van der Waals surface area contributed by atoms with Crippen molar-refractivity contribution in [3.8, 4) is 0 Å². The topological polar surface area (TPSA) is 102 Å². The van der Waals surface area contributed by atoms with Crippen molar-refractivity contribution < 1.29 is 13.2 Å². The Kier molecular flexibility index (Phi) is 5.30. The Morgan fingerprint density at radius 3 is 2.76 bits per heavy atom. The molecular formula is C15H22N6O3S. The van der Waals surface area contributed by atoms with Crippen LogP contribution in [0.25, 0.3) is 0 Å². The zero-order chi connectivity index (χ0) is 17.9. The Morgan fingerprint density at radius 2 is 2.08 bits per heavy atom. The molecule has 1 aliphatic rings. The van der Waals surface area contributed by atoms with Crippen LogP contribution in [0, 0.1) is 0 Å². The molecule has 0 aliphatic carbocycles. The standard InChI is InChI=1S/C15H22N6O3S/c1-24-10-15-3-14(9-20(15)7-12-4-16-11-17-5-12)21-8-13(6-18-21)19-25(2,22)23/h4-6,8,11,14-15,19H,3,7,9-10H2,1-2H3/t14-,15-/m0/s1. The number of hydrogen-bond acceptors (Lipinski definition) is 7. The molecule has 0 aromatic carbocycles. The first kappa shape index (κ1) is 17.8. The summed E-state index contributed by atoms with van der Waals surface area (Å²) in [6, 6.07) is 0.408. The Hall–Kier alpha value is -2.04. The van der Waals surface area contributed by atoms with Crippen LogP contribution in [0.5, 0.6) is 0 Å². The van der Waals surface area contributed by atoms with Crippen molar-refractivity contribution in [1.82, 2.24) is 24.6 Å². The van der Waals surface area contributed by atoms with Gasteiger partial charge in [-0.2, -0.15) is 5.10 Å². The quantitative estimate of drug-likeness (QED) is 0.761. The van der Waals surface area contributed by atoms with Crippen molar-refractivity contribution in [1.29, 1.82) is 0 Å². The molecule has 3 heterocycles. The summed E-state index contributed by atoms with van der Waals surface area (Å²) >= 11 is 0. The van der Waals surface area contributed by atoms with Crippen molar-refractivity contribution in [2.75, 3.05) is 31.2 Å². The second-order valence-electron chi connectivity index (χ2n) is 6.26. The van der Waals surface area contributed by atoms with Crippen LogP contribution >= 0.6 is 0 Å². The lowest BCUT2D eigenvalue weighted by molar-refractivity contribution is 0.111. The molecule has 0 spiro atoms. The van der Waals surface area contributed by atoms with Crippen LogP contribution < -0.4 is 4.72 Å². The molecule has 9 nitrogen and oxygen atoms in total. The highest BCUT2D eigenvalue weighted by molar-refractivity contribution is 7.92. The predicted octanol–water partition coefficient (Wildman–Crippen LogP) is 0.507. The van der Waals surface area contributed by atoms with E-state index in [2.05, 4.69) is 24.7 Å². The van der Waals surface area contributed by atoms with Gasteiger partial charge in [0, 0.05) is 50.4 Å². The van der Waals surface area contributed by atoms with E-state index < -0.39 is 10.0 Å². The van der Waals surface area contributed by atoms with Crippen molar-refractivity contribution in [2.24, 2.45) is 0 Å². The number of nitrogens with zero attached hydrogens (tertiary/aromatic N) is 5. The van der Waals surface area contributed by atoms with Gasteiger partial charge in [-0.25, -0.2) is 18.4 Å². The second-order valence-corrected chi connectivity index (χ2v) is 8.01. The van der Waals surface area contributed by atoms with Crippen molar-refractivity contribution >= 4 is 15.7 Å². The fraction of sp³-hybridized carbons (Fsp3) is 0.533. The second kappa shape index (κ2) is 7.46. The monoisotopic (exact) mass is 366 g/mol. The predicted molar refractivity (Wildman–Crippen MR) is 92.5 cm³/mol. The molecule has 1 aliphatic heterocycles. The highest BCUT2D eigenvalue weighted by Crippen LogP contribution is 2.29. The van der Waals surface area contributed by atoms with Crippen molar-refractivity contribution in [3.05, 3.63) is 36.7 Å². The van der Waals surface area contributed by atoms with Gasteiger partial charge in [0.2, 0.25) is 10.0 Å². The number of aromatic nitrogens is 4. The van der Waals surface area contributed by atoms with E-state index in [0.29, 0.717) is 12.3 Å². The Morgan fingerprint density at radius 1 is 1.32 bits per heavy atom. The van der Waals surface area contributed by atoms with Crippen LogP contribution in [0.4, 0.5) is 5.69 Å². The van der Waals surface area contributed by atoms with Gasteiger partial charge in [-0.1, -0.05) is 0 Å². The lowest BCUT2D eigenvalue weighted by Crippen LogP contribution is -2.32. The van der Waals surface area contributed by atoms with E-state index >= 15 is 0 Å². The minimum absolute atomic E-state index is 0.153. The zero-order valence-corrected chi connectivity index (χ0v) is 15.1. The molecule has 2 atom stereocenters. The van der Waals surface area contributed by atoms with E-state index in [0.717, 1.165) is 31.3 Å². The molecule has 1 saturated heterocycles. The van der Waals surface area contributed by atoms with E-state index in [9.17, 15) is 8.42 Å². The third-order valence-corrected chi connectivity index (χ3v) is 4.75. The Bertz CT molecular complexity index is 795. The molecule has 1 fully saturated rings. The number of anilines is 1. The minimum atomic E-state index is -3.31. The van der Waals surface area contributed by atoms with E-state index in [1.807, 2.05) is 17.1 Å².